The topological polar surface area (TPSA) is 83.8 Å². The zero-order valence-electron chi connectivity index (χ0n) is 14.0. The van der Waals surface area contributed by atoms with Crippen molar-refractivity contribution in [2.45, 2.75) is 56.8 Å². The Bertz CT molecular complexity index is 588. The van der Waals surface area contributed by atoms with Crippen LogP contribution in [0.3, 0.4) is 0 Å². The van der Waals surface area contributed by atoms with Crippen LogP contribution in [-0.4, -0.2) is 42.1 Å². The summed E-state index contributed by atoms with van der Waals surface area (Å²) in [5.41, 5.74) is -0.953. The van der Waals surface area contributed by atoms with Crippen molar-refractivity contribution in [2.24, 2.45) is 29.1 Å². The summed E-state index contributed by atoms with van der Waals surface area (Å²) in [6, 6.07) is 0. The van der Waals surface area contributed by atoms with Gasteiger partial charge in [0.25, 0.3) is 0 Å². The van der Waals surface area contributed by atoms with Crippen LogP contribution in [0.25, 0.3) is 0 Å². The third-order valence-electron chi connectivity index (χ3n) is 6.60. The standard InChI is InChI=1S/C16H26F2O5S/c1-10(2)16(19)12-3-11-4-13(16)7-14(5-11,6-12)8-23-9-15(17,18)24(20,21)22/h10-13,19H,3-9H2,1-2H3,(H,20,21,22). The molecule has 5 nitrogen and oxygen atoms in total. The SMILES string of the molecule is CC(C)C1(O)C2CC3CC1CC(COCC(F)(F)S(=O)(=O)O)(C3)C2. The molecule has 0 heterocycles. The Kier molecular flexibility index (Phi) is 4.31. The van der Waals surface area contributed by atoms with Crippen molar-refractivity contribution in [1.82, 2.24) is 0 Å². The Morgan fingerprint density at radius 2 is 1.75 bits per heavy atom. The summed E-state index contributed by atoms with van der Waals surface area (Å²) in [7, 11) is -5.46. The number of hydrogen-bond donors (Lipinski definition) is 2. The van der Waals surface area contributed by atoms with Gasteiger partial charge >= 0.3 is 15.4 Å². The summed E-state index contributed by atoms with van der Waals surface area (Å²) < 4.78 is 61.6. The predicted molar refractivity (Wildman–Crippen MR) is 83.1 cm³/mol. The molecule has 0 saturated heterocycles. The van der Waals surface area contributed by atoms with Gasteiger partial charge in [-0.05, 0) is 61.2 Å². The van der Waals surface area contributed by atoms with Crippen LogP contribution in [0, 0.1) is 29.1 Å². The molecule has 4 bridgehead atoms. The number of hydrogen-bond acceptors (Lipinski definition) is 4. The van der Waals surface area contributed by atoms with Crippen molar-refractivity contribution < 1.29 is 31.6 Å². The molecule has 0 aliphatic heterocycles. The summed E-state index contributed by atoms with van der Waals surface area (Å²) in [5.74, 6) is 0.922. The van der Waals surface area contributed by atoms with E-state index in [0.29, 0.717) is 5.92 Å². The van der Waals surface area contributed by atoms with Gasteiger partial charge < -0.3 is 9.84 Å². The minimum absolute atomic E-state index is 0.0514. The lowest BCUT2D eigenvalue weighted by atomic mass is 9.43. The Morgan fingerprint density at radius 1 is 1.21 bits per heavy atom. The molecule has 0 aromatic carbocycles. The Labute approximate surface area is 141 Å². The monoisotopic (exact) mass is 368 g/mol. The molecule has 2 unspecified atom stereocenters. The lowest BCUT2D eigenvalue weighted by Gasteiger charge is -2.64. The van der Waals surface area contributed by atoms with E-state index in [1.54, 1.807) is 0 Å². The number of aliphatic hydroxyl groups is 1. The highest BCUT2D eigenvalue weighted by atomic mass is 32.2. The fourth-order valence-corrected chi connectivity index (χ4v) is 5.99. The average Bonchev–Trinajstić information content (AvgIpc) is 2.41. The molecule has 4 saturated carbocycles. The van der Waals surface area contributed by atoms with Gasteiger partial charge in [-0.3, -0.25) is 4.55 Å². The van der Waals surface area contributed by atoms with E-state index in [9.17, 15) is 22.3 Å². The van der Waals surface area contributed by atoms with E-state index >= 15 is 0 Å². The lowest BCUT2D eigenvalue weighted by Crippen LogP contribution is -2.64. The molecular weight excluding hydrogens is 342 g/mol. The molecule has 0 aromatic heterocycles. The van der Waals surface area contributed by atoms with Crippen LogP contribution in [0.4, 0.5) is 8.78 Å². The molecule has 0 radical (unpaired) electrons. The molecule has 2 N–H and O–H groups in total. The molecule has 0 spiro atoms. The predicted octanol–water partition coefficient (Wildman–Crippen LogP) is 2.70. The van der Waals surface area contributed by atoms with E-state index < -0.39 is 27.6 Å². The quantitative estimate of drug-likeness (QED) is 0.704. The Morgan fingerprint density at radius 3 is 2.21 bits per heavy atom. The smallest absolute Gasteiger partial charge is 0.389 e. The van der Waals surface area contributed by atoms with Crippen molar-refractivity contribution in [3.63, 3.8) is 0 Å². The maximum atomic E-state index is 13.3. The van der Waals surface area contributed by atoms with Gasteiger partial charge in [0.15, 0.2) is 0 Å². The van der Waals surface area contributed by atoms with Gasteiger partial charge in [0.05, 0.1) is 12.2 Å². The molecule has 4 aliphatic rings. The van der Waals surface area contributed by atoms with Gasteiger partial charge in [0.1, 0.15) is 6.61 Å². The summed E-state index contributed by atoms with van der Waals surface area (Å²) in [6.07, 6.45) is 4.27. The molecular formula is C16H26F2O5S. The molecule has 0 aromatic rings. The molecule has 4 fully saturated rings. The fourth-order valence-electron chi connectivity index (χ4n) is 5.76. The first-order valence-corrected chi connectivity index (χ1v) is 9.99. The Hall–Kier alpha value is -0.310. The van der Waals surface area contributed by atoms with Crippen LogP contribution in [0.5, 0.6) is 0 Å². The van der Waals surface area contributed by atoms with Crippen LogP contribution in [0.15, 0.2) is 0 Å². The van der Waals surface area contributed by atoms with E-state index in [0.717, 1.165) is 32.1 Å². The molecule has 140 valence electrons. The van der Waals surface area contributed by atoms with Gasteiger partial charge in [-0.2, -0.15) is 17.2 Å². The van der Waals surface area contributed by atoms with Gasteiger partial charge in [-0.25, -0.2) is 0 Å². The number of halogens is 2. The maximum Gasteiger partial charge on any atom is 0.392 e. The van der Waals surface area contributed by atoms with Gasteiger partial charge in [-0.15, -0.1) is 0 Å². The highest BCUT2D eigenvalue weighted by molar-refractivity contribution is 7.86. The second-order valence-electron chi connectivity index (χ2n) is 8.49. The summed E-state index contributed by atoms with van der Waals surface area (Å²) in [5, 5.41) is 6.89. The van der Waals surface area contributed by atoms with E-state index in [4.69, 9.17) is 9.29 Å². The Balaban J connectivity index is 1.69. The zero-order chi connectivity index (χ0) is 18.0. The first-order valence-electron chi connectivity index (χ1n) is 8.55. The lowest BCUT2D eigenvalue weighted by molar-refractivity contribution is -0.232. The minimum atomic E-state index is -5.46. The zero-order valence-corrected chi connectivity index (χ0v) is 14.9. The highest BCUT2D eigenvalue weighted by Crippen LogP contribution is 2.65. The normalized spacial score (nSPS) is 42.0. The van der Waals surface area contributed by atoms with Crippen molar-refractivity contribution in [3.8, 4) is 0 Å². The van der Waals surface area contributed by atoms with E-state index in [1.165, 1.54) is 0 Å². The van der Waals surface area contributed by atoms with E-state index in [1.807, 2.05) is 13.8 Å². The van der Waals surface area contributed by atoms with Crippen molar-refractivity contribution in [3.05, 3.63) is 0 Å². The van der Waals surface area contributed by atoms with Crippen LogP contribution in [0.2, 0.25) is 0 Å². The van der Waals surface area contributed by atoms with Gasteiger partial charge in [0, 0.05) is 0 Å². The highest BCUT2D eigenvalue weighted by Gasteiger charge is 2.62. The van der Waals surface area contributed by atoms with E-state index in [2.05, 4.69) is 0 Å². The van der Waals surface area contributed by atoms with Crippen molar-refractivity contribution in [2.75, 3.05) is 13.2 Å². The third kappa shape index (κ3) is 2.79. The largest absolute Gasteiger partial charge is 0.392 e. The first kappa shape index (κ1) is 18.5. The molecule has 4 aliphatic carbocycles. The van der Waals surface area contributed by atoms with Crippen LogP contribution < -0.4 is 0 Å². The molecule has 8 heteroatoms. The fraction of sp³-hybridized carbons (Fsp3) is 1.00. The summed E-state index contributed by atoms with van der Waals surface area (Å²) >= 11 is 0. The maximum absolute atomic E-state index is 13.3. The second kappa shape index (κ2) is 5.59. The summed E-state index contributed by atoms with van der Waals surface area (Å²) in [4.78, 5) is 0. The van der Waals surface area contributed by atoms with Gasteiger partial charge in [0.2, 0.25) is 0 Å². The average molecular weight is 368 g/mol. The molecule has 0 amide bonds. The molecule has 4 rings (SSSR count). The van der Waals surface area contributed by atoms with Crippen molar-refractivity contribution in [1.29, 1.82) is 0 Å². The first-order chi connectivity index (χ1) is 10.9. The number of ether oxygens (including phenoxy) is 1. The molecule has 24 heavy (non-hydrogen) atoms. The van der Waals surface area contributed by atoms with Gasteiger partial charge in [-0.1, -0.05) is 13.8 Å². The van der Waals surface area contributed by atoms with Crippen LogP contribution in [0.1, 0.15) is 46.0 Å². The second-order valence-corrected chi connectivity index (χ2v) is 10.0. The number of alkyl halides is 2. The van der Waals surface area contributed by atoms with E-state index in [-0.39, 0.29) is 29.8 Å². The third-order valence-corrected chi connectivity index (χ3v) is 7.48. The summed E-state index contributed by atoms with van der Waals surface area (Å²) in [6.45, 7) is 2.77. The van der Waals surface area contributed by atoms with Crippen LogP contribution in [-0.2, 0) is 14.9 Å². The minimum Gasteiger partial charge on any atom is -0.389 e. The number of rotatable bonds is 6. The van der Waals surface area contributed by atoms with Crippen molar-refractivity contribution >= 4 is 10.1 Å². The molecule has 2 atom stereocenters. The van der Waals surface area contributed by atoms with Crippen LogP contribution >= 0.6 is 0 Å².